The maximum Gasteiger partial charge on any atom is 0.347 e. The van der Waals surface area contributed by atoms with Crippen molar-refractivity contribution >= 4 is 17.6 Å². The summed E-state index contributed by atoms with van der Waals surface area (Å²) in [6.07, 6.45) is -0.381. The van der Waals surface area contributed by atoms with E-state index in [1.165, 1.54) is 19.2 Å². The molecule has 0 aliphatic carbocycles. The smallest absolute Gasteiger partial charge is 0.347 e. The third-order valence-corrected chi connectivity index (χ3v) is 2.60. The topological polar surface area (TPSA) is 87.9 Å². The van der Waals surface area contributed by atoms with Gasteiger partial charge >= 0.3 is 11.9 Å². The minimum absolute atomic E-state index is 0.205. The Hall–Kier alpha value is -2.24. The molecule has 6 heteroatoms. The van der Waals surface area contributed by atoms with Crippen LogP contribution in [0.2, 0.25) is 0 Å². The van der Waals surface area contributed by atoms with E-state index < -0.39 is 18.0 Å². The van der Waals surface area contributed by atoms with Gasteiger partial charge in [-0.25, -0.2) is 9.59 Å². The Morgan fingerprint density at radius 2 is 2.00 bits per heavy atom. The lowest BCUT2D eigenvalue weighted by Gasteiger charge is -2.18. The molecule has 20 heavy (non-hydrogen) atoms. The van der Waals surface area contributed by atoms with Crippen molar-refractivity contribution < 1.29 is 23.8 Å². The molecule has 1 rings (SSSR count). The summed E-state index contributed by atoms with van der Waals surface area (Å²) >= 11 is 0. The predicted octanol–water partition coefficient (Wildman–Crippen LogP) is 1.78. The molecule has 1 atom stereocenters. The van der Waals surface area contributed by atoms with Gasteiger partial charge < -0.3 is 19.9 Å². The van der Waals surface area contributed by atoms with Crippen molar-refractivity contribution in [1.29, 1.82) is 0 Å². The number of ether oxygens (including phenoxy) is 3. The first-order valence-corrected chi connectivity index (χ1v) is 6.34. The van der Waals surface area contributed by atoms with Crippen molar-refractivity contribution in [3.05, 3.63) is 23.8 Å². The Bertz CT molecular complexity index is 486. The summed E-state index contributed by atoms with van der Waals surface area (Å²) in [4.78, 5) is 23.4. The molecule has 0 fully saturated rings. The molecule has 0 radical (unpaired) electrons. The van der Waals surface area contributed by atoms with E-state index >= 15 is 0 Å². The number of hydrogen-bond acceptors (Lipinski definition) is 6. The van der Waals surface area contributed by atoms with Gasteiger partial charge in [-0.3, -0.25) is 0 Å². The van der Waals surface area contributed by atoms with Gasteiger partial charge in [0.15, 0.2) is 6.10 Å². The van der Waals surface area contributed by atoms with E-state index in [-0.39, 0.29) is 17.9 Å². The van der Waals surface area contributed by atoms with E-state index in [0.717, 1.165) is 0 Å². The summed E-state index contributed by atoms with van der Waals surface area (Å²) in [6.45, 7) is 3.76. The van der Waals surface area contributed by atoms with Crippen molar-refractivity contribution in [2.24, 2.45) is 0 Å². The predicted molar refractivity (Wildman–Crippen MR) is 73.5 cm³/mol. The first-order chi connectivity index (χ1) is 9.53. The molecule has 0 saturated carbocycles. The molecule has 6 nitrogen and oxygen atoms in total. The molecule has 2 N–H and O–H groups in total. The molecule has 0 heterocycles. The molecule has 0 bridgehead atoms. The zero-order chi connectivity index (χ0) is 15.1. The lowest BCUT2D eigenvalue weighted by molar-refractivity contribution is -0.151. The van der Waals surface area contributed by atoms with Crippen LogP contribution in [0.15, 0.2) is 18.2 Å². The minimum Gasteiger partial charge on any atom is -0.478 e. The highest BCUT2D eigenvalue weighted by Crippen LogP contribution is 2.24. The van der Waals surface area contributed by atoms with Crippen LogP contribution >= 0.6 is 0 Å². The van der Waals surface area contributed by atoms with Gasteiger partial charge in [-0.05, 0) is 25.5 Å². The first kappa shape index (κ1) is 15.8. The third-order valence-electron chi connectivity index (χ3n) is 2.60. The highest BCUT2D eigenvalue weighted by Gasteiger charge is 2.23. The molecule has 0 aliphatic heterocycles. The Labute approximate surface area is 117 Å². The summed E-state index contributed by atoms with van der Waals surface area (Å²) in [5, 5.41) is 0. The Balaban J connectivity index is 3.02. The summed E-state index contributed by atoms with van der Waals surface area (Å²) in [5.74, 6) is -0.830. The van der Waals surface area contributed by atoms with Crippen LogP contribution in [0.1, 0.15) is 30.6 Å². The van der Waals surface area contributed by atoms with Crippen LogP contribution in [0, 0.1) is 0 Å². The lowest BCUT2D eigenvalue weighted by atomic mass is 10.1. The number of carbonyl (C=O) groups excluding carboxylic acids is 2. The summed E-state index contributed by atoms with van der Waals surface area (Å²) < 4.78 is 15.1. The highest BCUT2D eigenvalue weighted by molar-refractivity contribution is 5.93. The lowest BCUT2D eigenvalue weighted by Crippen LogP contribution is -2.29. The summed E-state index contributed by atoms with van der Waals surface area (Å²) in [7, 11) is 1.27. The average molecular weight is 281 g/mol. The van der Waals surface area contributed by atoms with Crippen LogP contribution < -0.4 is 10.5 Å². The van der Waals surface area contributed by atoms with E-state index in [9.17, 15) is 9.59 Å². The van der Waals surface area contributed by atoms with Crippen molar-refractivity contribution in [1.82, 2.24) is 0 Å². The number of methoxy groups -OCH3 is 1. The van der Waals surface area contributed by atoms with E-state index in [1.54, 1.807) is 19.9 Å². The molecule has 1 aromatic carbocycles. The fourth-order valence-corrected chi connectivity index (χ4v) is 1.60. The highest BCUT2D eigenvalue weighted by atomic mass is 16.6. The summed E-state index contributed by atoms with van der Waals surface area (Å²) in [6, 6.07) is 4.53. The standard InChI is InChI=1S/C14H19NO5/c1-4-11(14(17)19-5-2)20-12-8-9(15)6-7-10(12)13(16)18-3/h6-8,11H,4-5,15H2,1-3H3. The van der Waals surface area contributed by atoms with Crippen LogP contribution in [0.5, 0.6) is 5.75 Å². The maximum atomic E-state index is 11.7. The van der Waals surface area contributed by atoms with Gasteiger partial charge in [-0.2, -0.15) is 0 Å². The minimum atomic E-state index is -0.792. The van der Waals surface area contributed by atoms with Crippen molar-refractivity contribution in [2.75, 3.05) is 19.5 Å². The normalized spacial score (nSPS) is 11.6. The number of anilines is 1. The summed E-state index contributed by atoms with van der Waals surface area (Å²) in [5.41, 5.74) is 6.31. The number of nitrogens with two attached hydrogens (primary N) is 1. The molecule has 1 unspecified atom stereocenters. The van der Waals surface area contributed by atoms with Crippen LogP contribution in [-0.2, 0) is 14.3 Å². The molecule has 0 spiro atoms. The van der Waals surface area contributed by atoms with Gasteiger partial charge in [0.2, 0.25) is 0 Å². The second kappa shape index (κ2) is 7.37. The van der Waals surface area contributed by atoms with Gasteiger partial charge in [0, 0.05) is 11.8 Å². The van der Waals surface area contributed by atoms with Crippen molar-refractivity contribution in [3.8, 4) is 5.75 Å². The third kappa shape index (κ3) is 3.88. The molecule has 0 aliphatic rings. The number of nitrogen functional groups attached to an aromatic ring is 1. The molecule has 0 aromatic heterocycles. The van der Waals surface area contributed by atoms with Gasteiger partial charge in [0.25, 0.3) is 0 Å². The second-order valence-corrected chi connectivity index (χ2v) is 4.01. The molecule has 1 aromatic rings. The monoisotopic (exact) mass is 281 g/mol. The van der Waals surface area contributed by atoms with Gasteiger partial charge in [0.05, 0.1) is 13.7 Å². The van der Waals surface area contributed by atoms with Gasteiger partial charge in [0.1, 0.15) is 11.3 Å². The Kier molecular flexibility index (Phi) is 5.83. The maximum absolute atomic E-state index is 11.7. The van der Waals surface area contributed by atoms with E-state index in [2.05, 4.69) is 4.74 Å². The van der Waals surface area contributed by atoms with Crippen LogP contribution in [0.25, 0.3) is 0 Å². The zero-order valence-corrected chi connectivity index (χ0v) is 11.8. The molecule has 110 valence electrons. The number of hydrogen-bond donors (Lipinski definition) is 1. The number of benzene rings is 1. The second-order valence-electron chi connectivity index (χ2n) is 4.01. The zero-order valence-electron chi connectivity index (χ0n) is 11.8. The molecule has 0 saturated heterocycles. The van der Waals surface area contributed by atoms with E-state index in [1.807, 2.05) is 0 Å². The van der Waals surface area contributed by atoms with Crippen molar-refractivity contribution in [3.63, 3.8) is 0 Å². The Morgan fingerprint density at radius 1 is 1.30 bits per heavy atom. The quantitative estimate of drug-likeness (QED) is 0.631. The fraction of sp³-hybridized carbons (Fsp3) is 0.429. The average Bonchev–Trinajstić information content (AvgIpc) is 2.44. The number of esters is 2. The van der Waals surface area contributed by atoms with Gasteiger partial charge in [-0.1, -0.05) is 6.92 Å². The van der Waals surface area contributed by atoms with E-state index in [0.29, 0.717) is 12.1 Å². The fourth-order valence-electron chi connectivity index (χ4n) is 1.60. The molecule has 0 amide bonds. The number of rotatable bonds is 6. The molecular weight excluding hydrogens is 262 g/mol. The largest absolute Gasteiger partial charge is 0.478 e. The number of carbonyl (C=O) groups is 2. The van der Waals surface area contributed by atoms with E-state index in [4.69, 9.17) is 15.2 Å². The van der Waals surface area contributed by atoms with Crippen LogP contribution in [0.3, 0.4) is 0 Å². The van der Waals surface area contributed by atoms with Crippen LogP contribution in [0.4, 0.5) is 5.69 Å². The SMILES string of the molecule is CCOC(=O)C(CC)Oc1cc(N)ccc1C(=O)OC. The van der Waals surface area contributed by atoms with Gasteiger partial charge in [-0.15, -0.1) is 0 Å². The molecular formula is C14H19NO5. The Morgan fingerprint density at radius 3 is 2.55 bits per heavy atom. The first-order valence-electron chi connectivity index (χ1n) is 6.34. The van der Waals surface area contributed by atoms with Crippen LogP contribution in [-0.4, -0.2) is 31.8 Å². The van der Waals surface area contributed by atoms with Crippen molar-refractivity contribution in [2.45, 2.75) is 26.4 Å².